The van der Waals surface area contributed by atoms with Crippen molar-refractivity contribution in [1.29, 1.82) is 5.26 Å². The molecule has 0 unspecified atom stereocenters. The van der Waals surface area contributed by atoms with E-state index < -0.39 is 0 Å². The van der Waals surface area contributed by atoms with Gasteiger partial charge in [-0.1, -0.05) is 23.8 Å². The average Bonchev–Trinajstić information content (AvgIpc) is 2.64. The van der Waals surface area contributed by atoms with Gasteiger partial charge in [0.05, 0.1) is 11.6 Å². The van der Waals surface area contributed by atoms with Crippen molar-refractivity contribution < 1.29 is 4.79 Å². The number of nitrogens with zero attached hydrogens (tertiary/aromatic N) is 3. The Morgan fingerprint density at radius 3 is 2.40 bits per heavy atom. The van der Waals surface area contributed by atoms with Gasteiger partial charge in [-0.2, -0.15) is 5.26 Å². The maximum atomic E-state index is 12.1. The molecule has 1 heterocycles. The van der Waals surface area contributed by atoms with E-state index in [1.807, 2.05) is 25.1 Å². The van der Waals surface area contributed by atoms with E-state index in [0.29, 0.717) is 22.8 Å². The summed E-state index contributed by atoms with van der Waals surface area (Å²) in [5.74, 6) is 0.641. The summed E-state index contributed by atoms with van der Waals surface area (Å²) in [6.45, 7) is 1.96. The maximum Gasteiger partial charge on any atom is 0.256 e. The van der Waals surface area contributed by atoms with Gasteiger partial charge < -0.3 is 10.6 Å². The zero-order chi connectivity index (χ0) is 17.6. The first-order valence-corrected chi connectivity index (χ1v) is 7.63. The van der Waals surface area contributed by atoms with Gasteiger partial charge in [0.25, 0.3) is 5.91 Å². The standard InChI is InChI=1S/C19H15N5O/c1-13-5-7-15(8-6-13)19(25)22-18-10-9-17(23-24-18)21-16-4-2-3-14(11-16)12-20/h2-11H,1H3,(H,21,23)(H,22,24,25). The molecule has 2 N–H and O–H groups in total. The van der Waals surface area contributed by atoms with Crippen LogP contribution in [0.25, 0.3) is 0 Å². The highest BCUT2D eigenvalue weighted by atomic mass is 16.1. The van der Waals surface area contributed by atoms with Gasteiger partial charge in [0.1, 0.15) is 0 Å². The molecule has 0 saturated heterocycles. The van der Waals surface area contributed by atoms with Crippen LogP contribution < -0.4 is 10.6 Å². The zero-order valence-corrected chi connectivity index (χ0v) is 13.5. The molecule has 0 aliphatic carbocycles. The first-order chi connectivity index (χ1) is 12.1. The van der Waals surface area contributed by atoms with E-state index in [9.17, 15) is 4.79 Å². The van der Waals surface area contributed by atoms with Gasteiger partial charge in [-0.05, 0) is 49.4 Å². The molecule has 0 aliphatic heterocycles. The third kappa shape index (κ3) is 4.18. The molecule has 25 heavy (non-hydrogen) atoms. The van der Waals surface area contributed by atoms with Gasteiger partial charge >= 0.3 is 0 Å². The molecule has 0 spiro atoms. The lowest BCUT2D eigenvalue weighted by Crippen LogP contribution is -2.13. The number of nitriles is 1. The van der Waals surface area contributed by atoms with Crippen molar-refractivity contribution in [2.75, 3.05) is 10.6 Å². The summed E-state index contributed by atoms with van der Waals surface area (Å²) in [4.78, 5) is 12.1. The SMILES string of the molecule is Cc1ccc(C(=O)Nc2ccc(Nc3cccc(C#N)c3)nn2)cc1. The van der Waals surface area contributed by atoms with E-state index in [0.717, 1.165) is 11.3 Å². The molecule has 3 aromatic rings. The second kappa shape index (κ2) is 7.23. The van der Waals surface area contributed by atoms with Crippen LogP contribution in [0.2, 0.25) is 0 Å². The van der Waals surface area contributed by atoms with Crippen LogP contribution in [0.3, 0.4) is 0 Å². The predicted molar refractivity (Wildman–Crippen MR) is 95.6 cm³/mol. The number of rotatable bonds is 4. The summed E-state index contributed by atoms with van der Waals surface area (Å²) < 4.78 is 0. The van der Waals surface area contributed by atoms with Gasteiger partial charge in [-0.15, -0.1) is 10.2 Å². The lowest BCUT2D eigenvalue weighted by Gasteiger charge is -2.07. The van der Waals surface area contributed by atoms with Crippen molar-refractivity contribution in [2.45, 2.75) is 6.92 Å². The number of hydrogen-bond donors (Lipinski definition) is 2. The van der Waals surface area contributed by atoms with Gasteiger partial charge in [-0.25, -0.2) is 0 Å². The third-order valence-corrected chi connectivity index (χ3v) is 3.48. The van der Waals surface area contributed by atoms with Gasteiger partial charge in [0, 0.05) is 11.3 Å². The number of carbonyl (C=O) groups excluding carboxylic acids is 1. The molecule has 6 nitrogen and oxygen atoms in total. The number of benzene rings is 2. The molecule has 2 aromatic carbocycles. The van der Waals surface area contributed by atoms with Crippen molar-refractivity contribution in [1.82, 2.24) is 10.2 Å². The summed E-state index contributed by atoms with van der Waals surface area (Å²) in [5.41, 5.74) is 2.94. The Kier molecular flexibility index (Phi) is 4.67. The number of amides is 1. The van der Waals surface area contributed by atoms with Crippen molar-refractivity contribution in [3.05, 3.63) is 77.4 Å². The Labute approximate surface area is 145 Å². The largest absolute Gasteiger partial charge is 0.339 e. The van der Waals surface area contributed by atoms with Crippen molar-refractivity contribution in [3.63, 3.8) is 0 Å². The molecule has 0 fully saturated rings. The number of hydrogen-bond acceptors (Lipinski definition) is 5. The highest BCUT2D eigenvalue weighted by Crippen LogP contribution is 2.16. The Morgan fingerprint density at radius 2 is 1.72 bits per heavy atom. The molecule has 0 aliphatic rings. The highest BCUT2D eigenvalue weighted by molar-refractivity contribution is 6.03. The molecular formula is C19H15N5O. The van der Waals surface area contributed by atoms with Crippen LogP contribution in [0.5, 0.6) is 0 Å². The summed E-state index contributed by atoms with van der Waals surface area (Å²) in [6.07, 6.45) is 0. The molecule has 6 heteroatoms. The van der Waals surface area contributed by atoms with E-state index in [1.54, 1.807) is 42.5 Å². The van der Waals surface area contributed by atoms with Crippen molar-refractivity contribution in [3.8, 4) is 6.07 Å². The Balaban J connectivity index is 1.66. The minimum atomic E-state index is -0.239. The minimum absolute atomic E-state index is 0.239. The molecule has 3 rings (SSSR count). The Bertz CT molecular complexity index is 927. The van der Waals surface area contributed by atoms with Gasteiger partial charge in [-0.3, -0.25) is 4.79 Å². The third-order valence-electron chi connectivity index (χ3n) is 3.48. The normalized spacial score (nSPS) is 9.92. The molecule has 0 saturated carbocycles. The fraction of sp³-hybridized carbons (Fsp3) is 0.0526. The monoisotopic (exact) mass is 329 g/mol. The predicted octanol–water partition coefficient (Wildman–Crippen LogP) is 3.65. The van der Waals surface area contributed by atoms with Crippen molar-refractivity contribution >= 4 is 23.2 Å². The van der Waals surface area contributed by atoms with Crippen LogP contribution in [0.4, 0.5) is 17.3 Å². The summed E-state index contributed by atoms with van der Waals surface area (Å²) in [6, 6.07) is 19.8. The lowest BCUT2D eigenvalue weighted by atomic mass is 10.1. The van der Waals surface area contributed by atoms with Crippen LogP contribution in [0.1, 0.15) is 21.5 Å². The van der Waals surface area contributed by atoms with Crippen LogP contribution in [-0.2, 0) is 0 Å². The molecular weight excluding hydrogens is 314 g/mol. The Morgan fingerprint density at radius 1 is 1.00 bits per heavy atom. The van der Waals surface area contributed by atoms with Crippen LogP contribution in [-0.4, -0.2) is 16.1 Å². The molecule has 0 bridgehead atoms. The molecule has 1 aromatic heterocycles. The number of aromatic nitrogens is 2. The number of anilines is 3. The fourth-order valence-electron chi connectivity index (χ4n) is 2.17. The number of aryl methyl sites for hydroxylation is 1. The lowest BCUT2D eigenvalue weighted by molar-refractivity contribution is 0.102. The molecule has 0 radical (unpaired) electrons. The van der Waals surface area contributed by atoms with Crippen LogP contribution in [0.15, 0.2) is 60.7 Å². The maximum absolute atomic E-state index is 12.1. The summed E-state index contributed by atoms with van der Waals surface area (Å²) in [7, 11) is 0. The fourth-order valence-corrected chi connectivity index (χ4v) is 2.17. The second-order valence-electron chi connectivity index (χ2n) is 5.44. The molecule has 0 atom stereocenters. The summed E-state index contributed by atoms with van der Waals surface area (Å²) >= 11 is 0. The van der Waals surface area contributed by atoms with E-state index in [-0.39, 0.29) is 5.91 Å². The zero-order valence-electron chi connectivity index (χ0n) is 13.5. The van der Waals surface area contributed by atoms with Crippen LogP contribution >= 0.6 is 0 Å². The van der Waals surface area contributed by atoms with Gasteiger partial charge in [0.2, 0.25) is 0 Å². The van der Waals surface area contributed by atoms with E-state index >= 15 is 0 Å². The first kappa shape index (κ1) is 16.1. The minimum Gasteiger partial charge on any atom is -0.339 e. The molecule has 1 amide bonds. The Hall–Kier alpha value is -3.72. The van der Waals surface area contributed by atoms with Crippen LogP contribution in [0, 0.1) is 18.3 Å². The number of nitrogens with one attached hydrogen (secondary N) is 2. The van der Waals surface area contributed by atoms with Gasteiger partial charge in [0.15, 0.2) is 11.6 Å². The topological polar surface area (TPSA) is 90.7 Å². The van der Waals surface area contributed by atoms with E-state index in [1.165, 1.54) is 0 Å². The summed E-state index contributed by atoms with van der Waals surface area (Å²) in [5, 5.41) is 22.7. The van der Waals surface area contributed by atoms with E-state index in [2.05, 4.69) is 26.9 Å². The first-order valence-electron chi connectivity index (χ1n) is 7.63. The van der Waals surface area contributed by atoms with Crippen molar-refractivity contribution in [2.24, 2.45) is 0 Å². The highest BCUT2D eigenvalue weighted by Gasteiger charge is 2.07. The second-order valence-corrected chi connectivity index (χ2v) is 5.44. The molecule has 122 valence electrons. The average molecular weight is 329 g/mol. The quantitative estimate of drug-likeness (QED) is 0.762. The number of carbonyl (C=O) groups is 1. The smallest absolute Gasteiger partial charge is 0.256 e. The van der Waals surface area contributed by atoms with E-state index in [4.69, 9.17) is 5.26 Å².